The van der Waals surface area contributed by atoms with E-state index in [0.29, 0.717) is 0 Å². The number of aryl methyl sites for hydroxylation is 1. The molecule has 1 aromatic heterocycles. The second kappa shape index (κ2) is 4.92. The minimum absolute atomic E-state index is 0.0592. The Kier molecular flexibility index (Phi) is 3.19. The molecule has 4 heteroatoms. The van der Waals surface area contributed by atoms with Gasteiger partial charge in [-0.25, -0.2) is 4.79 Å². The van der Waals surface area contributed by atoms with E-state index in [9.17, 15) is 4.79 Å². The first-order valence-corrected chi connectivity index (χ1v) is 8.85. The largest absolute Gasteiger partial charge is 0.366 e. The third-order valence-corrected chi connectivity index (χ3v) is 5.94. The van der Waals surface area contributed by atoms with E-state index in [1.807, 2.05) is 5.06 Å². The van der Waals surface area contributed by atoms with E-state index in [1.54, 1.807) is 11.3 Å². The van der Waals surface area contributed by atoms with E-state index < -0.39 is 0 Å². The summed E-state index contributed by atoms with van der Waals surface area (Å²) in [5.74, 6) is -0.167. The minimum Gasteiger partial charge on any atom is -0.366 e. The smallest absolute Gasteiger partial charge is 0.332 e. The second-order valence-corrected chi connectivity index (χ2v) is 8.83. The summed E-state index contributed by atoms with van der Waals surface area (Å²) in [7, 11) is 0. The van der Waals surface area contributed by atoms with Crippen LogP contribution in [0.4, 0.5) is 0 Å². The summed E-state index contributed by atoms with van der Waals surface area (Å²) in [6.07, 6.45) is 0. The molecular weight excluding hydrogens is 306 g/mol. The van der Waals surface area contributed by atoms with E-state index in [1.165, 1.54) is 20.9 Å². The average molecular weight is 327 g/mol. The van der Waals surface area contributed by atoms with Crippen molar-refractivity contribution in [2.75, 3.05) is 0 Å². The molecule has 0 N–H and O–H groups in total. The molecule has 3 fully saturated rings. The van der Waals surface area contributed by atoms with Gasteiger partial charge in [-0.05, 0) is 35.6 Å². The maximum absolute atomic E-state index is 12.2. The number of benzene rings is 1. The first kappa shape index (κ1) is 14.9. The fourth-order valence-corrected chi connectivity index (χ4v) is 4.56. The minimum atomic E-state index is -0.0917. The molecule has 0 radical (unpaired) electrons. The summed E-state index contributed by atoms with van der Waals surface area (Å²) in [6, 6.07) is 13.0. The number of hydroxylamine groups is 2. The lowest BCUT2D eigenvalue weighted by atomic mass is 9.78. The van der Waals surface area contributed by atoms with E-state index in [4.69, 9.17) is 4.84 Å². The summed E-state index contributed by atoms with van der Waals surface area (Å²) in [6.45, 7) is 8.72. The van der Waals surface area contributed by atoms with Gasteiger partial charge >= 0.3 is 5.97 Å². The molecule has 4 unspecified atom stereocenters. The lowest BCUT2D eigenvalue weighted by molar-refractivity contribution is -0.194. The van der Waals surface area contributed by atoms with Crippen molar-refractivity contribution >= 4 is 17.3 Å². The maximum Gasteiger partial charge on any atom is 0.332 e. The fraction of sp³-hybridized carbons (Fsp3) is 0.421. The van der Waals surface area contributed by atoms with Crippen LogP contribution in [-0.2, 0) is 15.0 Å². The molecule has 0 saturated carbocycles. The SMILES string of the molecule is Cc1ccc(C2C3C(=O)ON2C3c2ccc(C(C)(C)C)cc2)s1. The van der Waals surface area contributed by atoms with E-state index in [-0.39, 0.29) is 29.4 Å². The van der Waals surface area contributed by atoms with Crippen LogP contribution in [0, 0.1) is 12.8 Å². The van der Waals surface area contributed by atoms with Crippen LogP contribution in [0.3, 0.4) is 0 Å². The third kappa shape index (κ3) is 2.24. The molecule has 3 nitrogen and oxygen atoms in total. The van der Waals surface area contributed by atoms with Crippen molar-refractivity contribution in [1.82, 2.24) is 5.06 Å². The van der Waals surface area contributed by atoms with Crippen molar-refractivity contribution in [2.24, 2.45) is 5.92 Å². The molecule has 0 spiro atoms. The molecule has 3 saturated heterocycles. The van der Waals surface area contributed by atoms with Crippen LogP contribution in [0.1, 0.15) is 53.7 Å². The van der Waals surface area contributed by atoms with Crippen molar-refractivity contribution in [1.29, 1.82) is 0 Å². The standard InChI is InChI=1S/C19H21NO2S/c1-11-5-10-14(23-11)17-15-16(20(17)22-18(15)21)12-6-8-13(9-7-12)19(2,3)4/h5-10,15-17H,1-4H3. The molecule has 2 bridgehead atoms. The number of hydrogen-bond donors (Lipinski definition) is 0. The first-order chi connectivity index (χ1) is 10.9. The van der Waals surface area contributed by atoms with Gasteiger partial charge in [0.25, 0.3) is 0 Å². The van der Waals surface area contributed by atoms with Crippen molar-refractivity contribution in [3.05, 3.63) is 57.3 Å². The molecule has 4 heterocycles. The number of hydrogen-bond acceptors (Lipinski definition) is 4. The Bertz CT molecular complexity index is 756. The van der Waals surface area contributed by atoms with Crippen LogP contribution in [-0.4, -0.2) is 11.0 Å². The van der Waals surface area contributed by atoms with Gasteiger partial charge < -0.3 is 4.84 Å². The average Bonchev–Trinajstić information content (AvgIpc) is 3.12. The molecule has 3 aliphatic rings. The Hall–Kier alpha value is -1.65. The summed E-state index contributed by atoms with van der Waals surface area (Å²) in [5.41, 5.74) is 2.61. The molecule has 0 amide bonds. The lowest BCUT2D eigenvalue weighted by Gasteiger charge is -2.41. The van der Waals surface area contributed by atoms with Crippen LogP contribution in [0.2, 0.25) is 0 Å². The zero-order valence-corrected chi connectivity index (χ0v) is 14.7. The van der Waals surface area contributed by atoms with Gasteiger partial charge in [-0.15, -0.1) is 16.4 Å². The second-order valence-electron chi connectivity index (χ2n) is 7.51. The van der Waals surface area contributed by atoms with Gasteiger partial charge in [-0.2, -0.15) is 0 Å². The molecule has 0 aliphatic carbocycles. The van der Waals surface area contributed by atoms with Gasteiger partial charge in [0, 0.05) is 9.75 Å². The van der Waals surface area contributed by atoms with E-state index in [0.717, 1.165) is 0 Å². The van der Waals surface area contributed by atoms with Crippen molar-refractivity contribution in [3.63, 3.8) is 0 Å². The van der Waals surface area contributed by atoms with E-state index in [2.05, 4.69) is 64.1 Å². The Balaban J connectivity index is 1.61. The molecule has 5 rings (SSSR count). The molecule has 120 valence electrons. The van der Waals surface area contributed by atoms with E-state index >= 15 is 0 Å². The number of fused-ring (bicyclic) bond motifs is 1. The summed E-state index contributed by atoms with van der Waals surface area (Å²) in [5, 5.41) is 1.88. The molecule has 3 aliphatic heterocycles. The van der Waals surface area contributed by atoms with Gasteiger partial charge in [0.15, 0.2) is 0 Å². The van der Waals surface area contributed by atoms with Crippen LogP contribution in [0.15, 0.2) is 36.4 Å². The zero-order chi connectivity index (χ0) is 16.4. The van der Waals surface area contributed by atoms with Crippen LogP contribution in [0.5, 0.6) is 0 Å². The highest BCUT2D eigenvalue weighted by Gasteiger charge is 2.63. The zero-order valence-electron chi connectivity index (χ0n) is 13.9. The van der Waals surface area contributed by atoms with Crippen LogP contribution in [0.25, 0.3) is 0 Å². The summed E-state index contributed by atoms with van der Waals surface area (Å²) in [4.78, 5) is 20.1. The highest BCUT2D eigenvalue weighted by atomic mass is 32.1. The Morgan fingerprint density at radius 2 is 1.74 bits per heavy atom. The predicted octanol–water partition coefficient (Wildman–Crippen LogP) is 4.54. The third-order valence-electron chi connectivity index (χ3n) is 4.87. The summed E-state index contributed by atoms with van der Waals surface area (Å²) < 4.78 is 0. The van der Waals surface area contributed by atoms with Crippen LogP contribution < -0.4 is 0 Å². The molecular formula is C19H21NO2S. The molecule has 1 aromatic carbocycles. The normalized spacial score (nSPS) is 29.3. The first-order valence-electron chi connectivity index (χ1n) is 8.03. The Labute approximate surface area is 140 Å². The topological polar surface area (TPSA) is 29.5 Å². The van der Waals surface area contributed by atoms with Crippen molar-refractivity contribution in [2.45, 2.75) is 45.2 Å². The number of carbonyl (C=O) groups is 1. The number of carbonyl (C=O) groups excluding carboxylic acids is 1. The quantitative estimate of drug-likeness (QED) is 0.811. The molecule has 2 aromatic rings. The predicted molar refractivity (Wildman–Crippen MR) is 91.1 cm³/mol. The van der Waals surface area contributed by atoms with Gasteiger partial charge in [-0.1, -0.05) is 45.0 Å². The molecule has 4 atom stereocenters. The Morgan fingerprint density at radius 3 is 2.22 bits per heavy atom. The lowest BCUT2D eigenvalue weighted by Crippen LogP contribution is -2.43. The van der Waals surface area contributed by atoms with Gasteiger partial charge in [-0.3, -0.25) is 0 Å². The van der Waals surface area contributed by atoms with Crippen molar-refractivity contribution < 1.29 is 9.63 Å². The van der Waals surface area contributed by atoms with Crippen molar-refractivity contribution in [3.8, 4) is 0 Å². The Morgan fingerprint density at radius 1 is 1.04 bits per heavy atom. The van der Waals surface area contributed by atoms with Crippen LogP contribution >= 0.6 is 11.3 Å². The van der Waals surface area contributed by atoms with Gasteiger partial charge in [0.2, 0.25) is 0 Å². The highest BCUT2D eigenvalue weighted by Crippen LogP contribution is 2.59. The van der Waals surface area contributed by atoms with Gasteiger partial charge in [0.05, 0.1) is 12.1 Å². The monoisotopic (exact) mass is 327 g/mol. The fourth-order valence-electron chi connectivity index (χ4n) is 3.55. The molecule has 23 heavy (non-hydrogen) atoms. The number of thiophene rings is 1. The number of nitrogens with zero attached hydrogens (tertiary/aromatic N) is 1. The number of rotatable bonds is 2. The summed E-state index contributed by atoms with van der Waals surface area (Å²) >= 11 is 1.75. The highest BCUT2D eigenvalue weighted by molar-refractivity contribution is 7.12. The maximum atomic E-state index is 12.2. The van der Waals surface area contributed by atoms with Gasteiger partial charge in [0.1, 0.15) is 5.92 Å².